The molecule has 0 heterocycles. The smallest absolute Gasteiger partial charge is 0.462 e. The van der Waals surface area contributed by atoms with Gasteiger partial charge in [0.05, 0.1) is 13.2 Å². The Hall–Kier alpha value is -1.25. The zero-order valence-electron chi connectivity index (χ0n) is 34.5. The zero-order valence-corrected chi connectivity index (χ0v) is 35.4. The first-order chi connectivity index (χ1) is 25.8. The monoisotopic (exact) mass is 774 g/mol. The van der Waals surface area contributed by atoms with Gasteiger partial charge in [-0.1, -0.05) is 187 Å². The van der Waals surface area contributed by atoms with Gasteiger partial charge in [0.15, 0.2) is 6.10 Å². The van der Waals surface area contributed by atoms with E-state index in [2.05, 4.69) is 26.0 Å². The standard InChI is InChI=1S/C43H84NO8P/c1-3-5-7-9-11-13-15-17-19-20-22-23-25-27-29-31-33-35-42(45)49-39-41(40-51-53(47,48)50-38-37-44)52-43(46)36-34-32-30-28-26-24-21-18-16-14-12-10-8-6-4-2/h10,12,41H,3-9,11,13-40,44H2,1-2H3,(H,47,48)/b12-10-/t41-/m1/s1. The van der Waals surface area contributed by atoms with Gasteiger partial charge < -0.3 is 20.1 Å². The highest BCUT2D eigenvalue weighted by molar-refractivity contribution is 7.47. The van der Waals surface area contributed by atoms with Crippen molar-refractivity contribution < 1.29 is 37.6 Å². The predicted octanol–water partition coefficient (Wildman–Crippen LogP) is 12.6. The van der Waals surface area contributed by atoms with E-state index in [-0.39, 0.29) is 38.6 Å². The number of rotatable bonds is 42. The summed E-state index contributed by atoms with van der Waals surface area (Å²) in [4.78, 5) is 34.9. The molecule has 0 aromatic heterocycles. The van der Waals surface area contributed by atoms with Crippen molar-refractivity contribution in [3.05, 3.63) is 12.2 Å². The molecular weight excluding hydrogens is 689 g/mol. The van der Waals surface area contributed by atoms with Crippen LogP contribution in [0, 0.1) is 0 Å². The predicted molar refractivity (Wildman–Crippen MR) is 220 cm³/mol. The average molecular weight is 774 g/mol. The van der Waals surface area contributed by atoms with Crippen molar-refractivity contribution in [1.29, 1.82) is 0 Å². The molecule has 2 atom stereocenters. The molecule has 0 radical (unpaired) electrons. The van der Waals surface area contributed by atoms with E-state index in [0.717, 1.165) is 38.5 Å². The first-order valence-corrected chi connectivity index (χ1v) is 23.7. The Kier molecular flexibility index (Phi) is 39.5. The molecule has 0 aromatic carbocycles. The van der Waals surface area contributed by atoms with Crippen molar-refractivity contribution in [1.82, 2.24) is 0 Å². The van der Waals surface area contributed by atoms with E-state index < -0.39 is 26.5 Å². The molecule has 1 unspecified atom stereocenters. The van der Waals surface area contributed by atoms with Gasteiger partial charge in [-0.15, -0.1) is 0 Å². The molecule has 9 nitrogen and oxygen atoms in total. The molecule has 314 valence electrons. The Labute approximate surface area is 326 Å². The Morgan fingerprint density at radius 2 is 0.943 bits per heavy atom. The number of allylic oxidation sites excluding steroid dienone is 2. The van der Waals surface area contributed by atoms with Gasteiger partial charge >= 0.3 is 19.8 Å². The summed E-state index contributed by atoms with van der Waals surface area (Å²) in [6, 6.07) is 0. The fourth-order valence-electron chi connectivity index (χ4n) is 6.32. The van der Waals surface area contributed by atoms with E-state index in [4.69, 9.17) is 24.3 Å². The maximum atomic E-state index is 12.6. The highest BCUT2D eigenvalue weighted by Crippen LogP contribution is 2.43. The molecule has 53 heavy (non-hydrogen) atoms. The van der Waals surface area contributed by atoms with E-state index in [0.29, 0.717) is 6.42 Å². The van der Waals surface area contributed by atoms with Gasteiger partial charge in [0, 0.05) is 19.4 Å². The van der Waals surface area contributed by atoms with Crippen molar-refractivity contribution in [2.45, 2.75) is 225 Å². The van der Waals surface area contributed by atoms with E-state index in [1.54, 1.807) is 0 Å². The largest absolute Gasteiger partial charge is 0.472 e. The highest BCUT2D eigenvalue weighted by Gasteiger charge is 2.26. The van der Waals surface area contributed by atoms with Crippen LogP contribution in [0.15, 0.2) is 12.2 Å². The van der Waals surface area contributed by atoms with Crippen molar-refractivity contribution >= 4 is 19.8 Å². The third-order valence-corrected chi connectivity index (χ3v) is 10.6. The van der Waals surface area contributed by atoms with E-state index in [9.17, 15) is 19.0 Å². The molecule has 0 saturated carbocycles. The second kappa shape index (κ2) is 40.4. The fourth-order valence-corrected chi connectivity index (χ4v) is 7.09. The first kappa shape index (κ1) is 51.8. The van der Waals surface area contributed by atoms with Gasteiger partial charge in [-0.25, -0.2) is 4.57 Å². The minimum atomic E-state index is -4.37. The maximum absolute atomic E-state index is 12.6. The molecule has 0 aliphatic heterocycles. The third-order valence-electron chi connectivity index (χ3n) is 9.65. The summed E-state index contributed by atoms with van der Waals surface area (Å²) in [6.45, 7) is 3.73. The minimum Gasteiger partial charge on any atom is -0.462 e. The van der Waals surface area contributed by atoms with Crippen LogP contribution in [-0.4, -0.2) is 49.3 Å². The number of phosphoric ester groups is 1. The van der Waals surface area contributed by atoms with E-state index >= 15 is 0 Å². The number of hydrogen-bond donors (Lipinski definition) is 2. The summed E-state index contributed by atoms with van der Waals surface area (Å²) >= 11 is 0. The molecule has 0 amide bonds. The summed E-state index contributed by atoms with van der Waals surface area (Å²) in [5.41, 5.74) is 5.35. The van der Waals surface area contributed by atoms with Crippen molar-refractivity contribution in [2.24, 2.45) is 5.73 Å². The van der Waals surface area contributed by atoms with Crippen LogP contribution in [0.3, 0.4) is 0 Å². The van der Waals surface area contributed by atoms with Crippen LogP contribution in [0.25, 0.3) is 0 Å². The molecular formula is C43H84NO8P. The van der Waals surface area contributed by atoms with E-state index in [1.807, 2.05) is 0 Å². The number of nitrogens with two attached hydrogens (primary N) is 1. The van der Waals surface area contributed by atoms with Gasteiger partial charge in [0.1, 0.15) is 6.61 Å². The lowest BCUT2D eigenvalue weighted by molar-refractivity contribution is -0.161. The van der Waals surface area contributed by atoms with Crippen molar-refractivity contribution in [3.63, 3.8) is 0 Å². The van der Waals surface area contributed by atoms with Crippen molar-refractivity contribution in [2.75, 3.05) is 26.4 Å². The van der Waals surface area contributed by atoms with Gasteiger partial charge in [-0.05, 0) is 32.1 Å². The molecule has 0 spiro atoms. The number of esters is 2. The van der Waals surface area contributed by atoms with E-state index in [1.165, 1.54) is 148 Å². The third kappa shape index (κ3) is 40.2. The lowest BCUT2D eigenvalue weighted by atomic mass is 10.0. The quantitative estimate of drug-likeness (QED) is 0.0269. The summed E-state index contributed by atoms with van der Waals surface area (Å²) in [5.74, 6) is -0.819. The number of phosphoric acid groups is 1. The summed E-state index contributed by atoms with van der Waals surface area (Å²) in [7, 11) is -4.37. The molecule has 0 saturated heterocycles. The molecule has 0 fully saturated rings. The number of carbonyl (C=O) groups is 2. The summed E-state index contributed by atoms with van der Waals surface area (Å²) < 4.78 is 32.8. The van der Waals surface area contributed by atoms with Gasteiger partial charge in [-0.3, -0.25) is 18.6 Å². The molecule has 3 N–H and O–H groups in total. The number of carbonyl (C=O) groups excluding carboxylic acids is 2. The second-order valence-corrected chi connectivity index (χ2v) is 16.4. The Morgan fingerprint density at radius 1 is 0.547 bits per heavy atom. The van der Waals surface area contributed by atoms with Gasteiger partial charge in [-0.2, -0.15) is 0 Å². The second-order valence-electron chi connectivity index (χ2n) is 14.9. The Bertz CT molecular complexity index is 886. The Morgan fingerprint density at radius 3 is 1.40 bits per heavy atom. The van der Waals surface area contributed by atoms with Crippen LogP contribution in [0.2, 0.25) is 0 Å². The zero-order chi connectivity index (χ0) is 38.9. The van der Waals surface area contributed by atoms with Crippen LogP contribution in [0.5, 0.6) is 0 Å². The van der Waals surface area contributed by atoms with Crippen molar-refractivity contribution in [3.8, 4) is 0 Å². The molecule has 0 bridgehead atoms. The van der Waals surface area contributed by atoms with Crippen LogP contribution < -0.4 is 5.73 Å². The normalized spacial score (nSPS) is 13.4. The fraction of sp³-hybridized carbons (Fsp3) is 0.907. The molecule has 0 aromatic rings. The maximum Gasteiger partial charge on any atom is 0.472 e. The van der Waals surface area contributed by atoms with Crippen LogP contribution in [-0.2, 0) is 32.7 Å². The molecule has 0 rings (SSSR count). The summed E-state index contributed by atoms with van der Waals surface area (Å²) in [6.07, 6.45) is 40.9. The topological polar surface area (TPSA) is 134 Å². The van der Waals surface area contributed by atoms with Crippen LogP contribution in [0.1, 0.15) is 219 Å². The van der Waals surface area contributed by atoms with Crippen LogP contribution in [0.4, 0.5) is 0 Å². The highest BCUT2D eigenvalue weighted by atomic mass is 31.2. The summed E-state index contributed by atoms with van der Waals surface area (Å²) in [5, 5.41) is 0. The average Bonchev–Trinajstić information content (AvgIpc) is 3.14. The van der Waals surface area contributed by atoms with Gasteiger partial charge in [0.2, 0.25) is 0 Å². The first-order valence-electron chi connectivity index (χ1n) is 22.2. The minimum absolute atomic E-state index is 0.0560. The van der Waals surface area contributed by atoms with Gasteiger partial charge in [0.25, 0.3) is 0 Å². The SMILES string of the molecule is CCCC/C=C\CCCCCCCCCCCC(=O)O[C@H](COC(=O)CCCCCCCCCCCCCCCCCCC)COP(=O)(O)OCCN. The molecule has 10 heteroatoms. The Balaban J connectivity index is 4.09. The number of unbranched alkanes of at least 4 members (excludes halogenated alkanes) is 27. The molecule has 0 aliphatic rings. The number of hydrogen-bond acceptors (Lipinski definition) is 8. The number of ether oxygens (including phenoxy) is 2. The lowest BCUT2D eigenvalue weighted by Crippen LogP contribution is -2.29. The lowest BCUT2D eigenvalue weighted by Gasteiger charge is -2.19. The van der Waals surface area contributed by atoms with Crippen LogP contribution >= 0.6 is 7.82 Å². The molecule has 0 aliphatic carbocycles.